The molecule has 0 aliphatic carbocycles. The number of nitrogens with zero attached hydrogens (tertiary/aromatic N) is 1. The minimum absolute atomic E-state index is 0.131. The van der Waals surface area contributed by atoms with Crippen LogP contribution < -0.4 is 10.6 Å². The van der Waals surface area contributed by atoms with Crippen LogP contribution in [0.2, 0.25) is 0 Å². The predicted molar refractivity (Wildman–Crippen MR) is 84.8 cm³/mol. The monoisotopic (exact) mass is 283 g/mol. The highest BCUT2D eigenvalue weighted by atomic mass is 16.2. The van der Waals surface area contributed by atoms with Crippen molar-refractivity contribution >= 4 is 5.91 Å². The van der Waals surface area contributed by atoms with E-state index in [0.29, 0.717) is 12.6 Å². The van der Waals surface area contributed by atoms with E-state index in [4.69, 9.17) is 0 Å². The van der Waals surface area contributed by atoms with Gasteiger partial charge in [0.2, 0.25) is 5.91 Å². The smallest absolute Gasteiger partial charge is 0.234 e. The lowest BCUT2D eigenvalue weighted by Gasteiger charge is -2.35. The van der Waals surface area contributed by atoms with Gasteiger partial charge in [-0.2, -0.15) is 0 Å². The molecule has 0 aromatic rings. The molecule has 0 aromatic heterocycles. The highest BCUT2D eigenvalue weighted by Gasteiger charge is 2.25. The molecule has 1 fully saturated rings. The Kier molecular flexibility index (Phi) is 6.96. The van der Waals surface area contributed by atoms with Crippen LogP contribution in [0.4, 0.5) is 0 Å². The van der Waals surface area contributed by atoms with Crippen LogP contribution in [0.15, 0.2) is 0 Å². The van der Waals surface area contributed by atoms with Gasteiger partial charge in [-0.15, -0.1) is 0 Å². The Labute approximate surface area is 124 Å². The third kappa shape index (κ3) is 6.71. The average molecular weight is 283 g/mol. The number of carbonyl (C=O) groups is 1. The van der Waals surface area contributed by atoms with Gasteiger partial charge in [0, 0.05) is 11.6 Å². The van der Waals surface area contributed by atoms with E-state index in [1.165, 1.54) is 19.3 Å². The molecule has 1 atom stereocenters. The highest BCUT2D eigenvalue weighted by molar-refractivity contribution is 5.78. The maximum atomic E-state index is 11.9. The standard InChI is InChI=1S/C16H33N3O/c1-6-9-17-13(2)14-7-10-19(11-8-14)12-15(20)18-16(3,4)5/h13-14,17H,6-12H2,1-5H3,(H,18,20). The van der Waals surface area contributed by atoms with Crippen LogP contribution in [0.1, 0.15) is 53.9 Å². The third-order valence-corrected chi connectivity index (χ3v) is 3.94. The Hall–Kier alpha value is -0.610. The summed E-state index contributed by atoms with van der Waals surface area (Å²) in [5.74, 6) is 0.900. The quantitative estimate of drug-likeness (QED) is 0.784. The second-order valence-electron chi connectivity index (χ2n) is 7.15. The Morgan fingerprint density at radius 3 is 2.40 bits per heavy atom. The van der Waals surface area contributed by atoms with Crippen LogP contribution in [0.5, 0.6) is 0 Å². The normalized spacial score (nSPS) is 19.9. The van der Waals surface area contributed by atoms with E-state index in [0.717, 1.165) is 25.6 Å². The predicted octanol–water partition coefficient (Wildman–Crippen LogP) is 2.00. The minimum atomic E-state index is -0.131. The number of rotatable bonds is 6. The summed E-state index contributed by atoms with van der Waals surface area (Å²) in [7, 11) is 0. The van der Waals surface area contributed by atoms with Gasteiger partial charge in [-0.1, -0.05) is 6.92 Å². The summed E-state index contributed by atoms with van der Waals surface area (Å²) < 4.78 is 0. The number of hydrogen-bond acceptors (Lipinski definition) is 3. The summed E-state index contributed by atoms with van der Waals surface area (Å²) >= 11 is 0. The molecule has 4 heteroatoms. The van der Waals surface area contributed by atoms with Crippen molar-refractivity contribution in [2.75, 3.05) is 26.2 Å². The van der Waals surface area contributed by atoms with Crippen LogP contribution in [0.25, 0.3) is 0 Å². The summed E-state index contributed by atoms with van der Waals surface area (Å²) in [6.45, 7) is 14.3. The molecule has 1 aliphatic heterocycles. The number of carbonyl (C=O) groups excluding carboxylic acids is 1. The second kappa shape index (κ2) is 7.99. The molecule has 1 unspecified atom stereocenters. The van der Waals surface area contributed by atoms with Gasteiger partial charge in [-0.05, 0) is 72.5 Å². The third-order valence-electron chi connectivity index (χ3n) is 3.94. The van der Waals surface area contributed by atoms with Gasteiger partial charge in [0.15, 0.2) is 0 Å². The van der Waals surface area contributed by atoms with E-state index in [2.05, 4.69) is 29.4 Å². The first kappa shape index (κ1) is 17.4. The Morgan fingerprint density at radius 2 is 1.90 bits per heavy atom. The van der Waals surface area contributed by atoms with Crippen molar-refractivity contribution < 1.29 is 4.79 Å². The van der Waals surface area contributed by atoms with Gasteiger partial charge in [0.25, 0.3) is 0 Å². The lowest BCUT2D eigenvalue weighted by molar-refractivity contribution is -0.124. The molecule has 2 N–H and O–H groups in total. The molecule has 0 saturated carbocycles. The average Bonchev–Trinajstić information content (AvgIpc) is 2.34. The fourth-order valence-corrected chi connectivity index (χ4v) is 2.81. The largest absolute Gasteiger partial charge is 0.350 e. The molecule has 0 radical (unpaired) electrons. The van der Waals surface area contributed by atoms with Crippen LogP contribution in [0.3, 0.4) is 0 Å². The summed E-state index contributed by atoms with van der Waals surface area (Å²) in [5, 5.41) is 6.63. The van der Waals surface area contributed by atoms with Crippen LogP contribution in [-0.4, -0.2) is 48.6 Å². The molecule has 1 heterocycles. The van der Waals surface area contributed by atoms with Gasteiger partial charge < -0.3 is 10.6 Å². The van der Waals surface area contributed by atoms with Crippen LogP contribution in [0, 0.1) is 5.92 Å². The van der Waals surface area contributed by atoms with E-state index >= 15 is 0 Å². The fourth-order valence-electron chi connectivity index (χ4n) is 2.81. The van der Waals surface area contributed by atoms with Gasteiger partial charge in [0.1, 0.15) is 0 Å². The lowest BCUT2D eigenvalue weighted by Crippen LogP contribution is -2.48. The first-order chi connectivity index (χ1) is 9.31. The number of nitrogens with one attached hydrogen (secondary N) is 2. The van der Waals surface area contributed by atoms with E-state index in [1.54, 1.807) is 0 Å². The molecule has 118 valence electrons. The SMILES string of the molecule is CCCNC(C)C1CCN(CC(=O)NC(C)(C)C)CC1. The molecule has 0 bridgehead atoms. The summed E-state index contributed by atoms with van der Waals surface area (Å²) in [4.78, 5) is 14.2. The zero-order chi connectivity index (χ0) is 15.2. The lowest BCUT2D eigenvalue weighted by atomic mass is 9.90. The Bertz CT molecular complexity index is 291. The van der Waals surface area contributed by atoms with Crippen molar-refractivity contribution in [3.8, 4) is 0 Å². The number of amides is 1. The van der Waals surface area contributed by atoms with Crippen molar-refractivity contribution in [3.05, 3.63) is 0 Å². The highest BCUT2D eigenvalue weighted by Crippen LogP contribution is 2.20. The van der Waals surface area contributed by atoms with Crippen molar-refractivity contribution in [1.29, 1.82) is 0 Å². The van der Waals surface area contributed by atoms with Crippen molar-refractivity contribution in [2.45, 2.75) is 65.5 Å². The number of hydrogen-bond donors (Lipinski definition) is 2. The van der Waals surface area contributed by atoms with Gasteiger partial charge in [-0.25, -0.2) is 0 Å². The first-order valence-electron chi connectivity index (χ1n) is 8.08. The molecule has 0 spiro atoms. The molecule has 1 amide bonds. The van der Waals surface area contributed by atoms with Crippen molar-refractivity contribution in [2.24, 2.45) is 5.92 Å². The molecular weight excluding hydrogens is 250 g/mol. The summed E-state index contributed by atoms with van der Waals surface area (Å²) in [6.07, 6.45) is 3.58. The van der Waals surface area contributed by atoms with Crippen molar-refractivity contribution in [3.63, 3.8) is 0 Å². The molecular formula is C16H33N3O. The Morgan fingerprint density at radius 1 is 1.30 bits per heavy atom. The fraction of sp³-hybridized carbons (Fsp3) is 0.938. The molecule has 4 nitrogen and oxygen atoms in total. The van der Waals surface area contributed by atoms with E-state index in [9.17, 15) is 4.79 Å². The van der Waals surface area contributed by atoms with E-state index in [1.807, 2.05) is 20.8 Å². The maximum absolute atomic E-state index is 11.9. The maximum Gasteiger partial charge on any atom is 0.234 e. The molecule has 1 saturated heterocycles. The van der Waals surface area contributed by atoms with Crippen molar-refractivity contribution in [1.82, 2.24) is 15.5 Å². The topological polar surface area (TPSA) is 44.4 Å². The van der Waals surface area contributed by atoms with Gasteiger partial charge in [-0.3, -0.25) is 9.69 Å². The molecule has 1 aliphatic rings. The molecule has 0 aromatic carbocycles. The number of likely N-dealkylation sites (tertiary alicyclic amines) is 1. The van der Waals surface area contributed by atoms with Gasteiger partial charge >= 0.3 is 0 Å². The minimum Gasteiger partial charge on any atom is -0.350 e. The first-order valence-corrected chi connectivity index (χ1v) is 8.08. The molecule has 20 heavy (non-hydrogen) atoms. The second-order valence-corrected chi connectivity index (χ2v) is 7.15. The zero-order valence-electron chi connectivity index (χ0n) is 14.0. The molecule has 1 rings (SSSR count). The van der Waals surface area contributed by atoms with E-state index < -0.39 is 0 Å². The zero-order valence-corrected chi connectivity index (χ0v) is 14.0. The number of piperidine rings is 1. The van der Waals surface area contributed by atoms with Crippen LogP contribution in [-0.2, 0) is 4.79 Å². The van der Waals surface area contributed by atoms with Crippen LogP contribution >= 0.6 is 0 Å². The summed E-state index contributed by atoms with van der Waals surface area (Å²) in [6, 6.07) is 0.598. The summed E-state index contributed by atoms with van der Waals surface area (Å²) in [5.41, 5.74) is -0.131. The van der Waals surface area contributed by atoms with Gasteiger partial charge in [0.05, 0.1) is 6.54 Å². The Balaban J connectivity index is 2.26. The van der Waals surface area contributed by atoms with E-state index in [-0.39, 0.29) is 11.4 Å².